The molecule has 5 rings (SSSR count). The van der Waals surface area contributed by atoms with Crippen molar-refractivity contribution >= 4 is 33.9 Å². The van der Waals surface area contributed by atoms with Gasteiger partial charge in [-0.3, -0.25) is 9.78 Å². The van der Waals surface area contributed by atoms with E-state index in [0.29, 0.717) is 33.5 Å². The summed E-state index contributed by atoms with van der Waals surface area (Å²) in [6.45, 7) is 6.06. The minimum atomic E-state index is -0.316. The number of halogens is 2. The van der Waals surface area contributed by atoms with Crippen molar-refractivity contribution in [3.63, 3.8) is 0 Å². The molecule has 0 aliphatic carbocycles. The molecular formula is C23H22ClFN6. The molecular weight excluding hydrogens is 415 g/mol. The lowest BCUT2D eigenvalue weighted by atomic mass is 10.0. The number of H-pyrrole nitrogens is 1. The van der Waals surface area contributed by atoms with E-state index in [1.807, 2.05) is 29.1 Å². The molecule has 0 amide bonds. The highest BCUT2D eigenvalue weighted by Crippen LogP contribution is 2.32. The Kier molecular flexibility index (Phi) is 5.21. The highest BCUT2D eigenvalue weighted by atomic mass is 35.5. The lowest BCUT2D eigenvalue weighted by Crippen LogP contribution is -2.29. The molecule has 2 aromatic carbocycles. The van der Waals surface area contributed by atoms with Crippen molar-refractivity contribution < 1.29 is 4.39 Å². The fourth-order valence-corrected chi connectivity index (χ4v) is 4.13. The molecule has 0 bridgehead atoms. The molecule has 0 atom stereocenters. The predicted molar refractivity (Wildman–Crippen MR) is 123 cm³/mol. The maximum Gasteiger partial charge on any atom is 0.133 e. The van der Waals surface area contributed by atoms with Crippen LogP contribution in [0.25, 0.3) is 27.7 Å². The Morgan fingerprint density at radius 2 is 1.97 bits per heavy atom. The summed E-state index contributed by atoms with van der Waals surface area (Å²) >= 11 is 5.95. The summed E-state index contributed by atoms with van der Waals surface area (Å²) in [5, 5.41) is 19.8. The maximum atomic E-state index is 14.9. The minimum absolute atomic E-state index is 0.316. The number of fused-ring (bicyclic) bond motifs is 1. The first-order valence-electron chi connectivity index (χ1n) is 10.2. The maximum absolute atomic E-state index is 14.9. The van der Waals surface area contributed by atoms with Crippen LogP contribution in [-0.4, -0.2) is 33.1 Å². The largest absolute Gasteiger partial charge is 0.354 e. The molecule has 1 saturated heterocycles. The number of benzene rings is 2. The van der Waals surface area contributed by atoms with Gasteiger partial charge in [0, 0.05) is 39.5 Å². The van der Waals surface area contributed by atoms with Gasteiger partial charge in [-0.1, -0.05) is 18.2 Å². The summed E-state index contributed by atoms with van der Waals surface area (Å²) in [6.07, 6.45) is 5.70. The number of aromatic amines is 1. The molecule has 31 heavy (non-hydrogen) atoms. The van der Waals surface area contributed by atoms with Crippen molar-refractivity contribution in [2.75, 3.05) is 18.4 Å². The monoisotopic (exact) mass is 436 g/mol. The second kappa shape index (κ2) is 8.17. The molecule has 2 aromatic heterocycles. The van der Waals surface area contributed by atoms with E-state index >= 15 is 0 Å². The van der Waals surface area contributed by atoms with Gasteiger partial charge in [0.1, 0.15) is 11.5 Å². The van der Waals surface area contributed by atoms with E-state index < -0.39 is 0 Å². The molecule has 1 aliphatic heterocycles. The molecule has 3 heterocycles. The van der Waals surface area contributed by atoms with Gasteiger partial charge in [0.15, 0.2) is 0 Å². The molecule has 6 nitrogen and oxygen atoms in total. The van der Waals surface area contributed by atoms with Gasteiger partial charge in [-0.25, -0.2) is 4.39 Å². The van der Waals surface area contributed by atoms with Crippen LogP contribution in [0.4, 0.5) is 10.1 Å². The van der Waals surface area contributed by atoms with Crippen LogP contribution in [0.5, 0.6) is 0 Å². The fraction of sp³-hybridized carbons (Fsp3) is 0.217. The quantitative estimate of drug-likeness (QED) is 0.401. The van der Waals surface area contributed by atoms with Gasteiger partial charge in [-0.2, -0.15) is 10.2 Å². The Balaban J connectivity index is 1.46. The van der Waals surface area contributed by atoms with Crippen LogP contribution in [0.2, 0.25) is 5.02 Å². The van der Waals surface area contributed by atoms with Gasteiger partial charge in [0.25, 0.3) is 0 Å². The highest BCUT2D eigenvalue weighted by Gasteiger charge is 2.19. The lowest BCUT2D eigenvalue weighted by Gasteiger charge is -2.22. The van der Waals surface area contributed by atoms with E-state index in [-0.39, 0.29) is 5.82 Å². The van der Waals surface area contributed by atoms with Crippen LogP contribution in [0, 0.1) is 5.82 Å². The van der Waals surface area contributed by atoms with Gasteiger partial charge in [0.2, 0.25) is 0 Å². The molecule has 0 saturated carbocycles. The molecule has 0 radical (unpaired) electrons. The van der Waals surface area contributed by atoms with Gasteiger partial charge >= 0.3 is 0 Å². The summed E-state index contributed by atoms with van der Waals surface area (Å²) in [6, 6.07) is 10.9. The van der Waals surface area contributed by atoms with E-state index in [0.717, 1.165) is 42.6 Å². The smallest absolute Gasteiger partial charge is 0.133 e. The van der Waals surface area contributed by atoms with Crippen molar-refractivity contribution in [1.29, 1.82) is 0 Å². The van der Waals surface area contributed by atoms with Crippen molar-refractivity contribution in [1.82, 2.24) is 25.3 Å². The van der Waals surface area contributed by atoms with Crippen LogP contribution in [-0.2, 0) is 0 Å². The number of piperidine rings is 1. The van der Waals surface area contributed by atoms with E-state index in [2.05, 4.69) is 32.5 Å². The predicted octanol–water partition coefficient (Wildman–Crippen LogP) is 5.23. The van der Waals surface area contributed by atoms with Crippen LogP contribution >= 0.6 is 11.6 Å². The third-order valence-electron chi connectivity index (χ3n) is 5.67. The number of nitrogens with one attached hydrogen (secondary N) is 3. The number of nitrogens with zero attached hydrogens (tertiary/aromatic N) is 3. The zero-order valence-electron chi connectivity index (χ0n) is 16.8. The summed E-state index contributed by atoms with van der Waals surface area (Å²) in [5.41, 5.74) is 3.95. The average molecular weight is 437 g/mol. The first-order valence-corrected chi connectivity index (χ1v) is 10.6. The summed E-state index contributed by atoms with van der Waals surface area (Å²) in [5.74, 6) is -0.316. The van der Waals surface area contributed by atoms with Crippen molar-refractivity contribution in [2.24, 2.45) is 0 Å². The number of aromatic nitrogens is 4. The van der Waals surface area contributed by atoms with E-state index in [1.165, 1.54) is 6.07 Å². The number of anilines is 1. The molecule has 3 N–H and O–H groups in total. The second-order valence-electron chi connectivity index (χ2n) is 7.75. The topological polar surface area (TPSA) is 70.6 Å². The number of hydrogen-bond donors (Lipinski definition) is 3. The molecule has 1 aliphatic rings. The van der Waals surface area contributed by atoms with Crippen molar-refractivity contribution in [2.45, 2.75) is 18.9 Å². The van der Waals surface area contributed by atoms with Crippen molar-refractivity contribution in [3.8, 4) is 11.1 Å². The van der Waals surface area contributed by atoms with Gasteiger partial charge < -0.3 is 10.6 Å². The zero-order valence-corrected chi connectivity index (χ0v) is 17.6. The number of hydrogen-bond acceptors (Lipinski definition) is 4. The van der Waals surface area contributed by atoms with Crippen LogP contribution in [0.3, 0.4) is 0 Å². The van der Waals surface area contributed by atoms with Gasteiger partial charge in [-0.15, -0.1) is 0 Å². The van der Waals surface area contributed by atoms with E-state index in [4.69, 9.17) is 11.6 Å². The average Bonchev–Trinajstić information content (AvgIpc) is 3.42. The standard InChI is InChI=1S/C23H22ClFN6/c1-14(28-17-4-2-16(24)3-5-17)23-20-10-19(21(25)11-22(20)29-30-23)15-12-27-31(13-15)18-6-8-26-9-7-18/h2-5,10-13,18,26,28H,1,6-9H2,(H,29,30). The molecule has 0 spiro atoms. The minimum Gasteiger partial charge on any atom is -0.354 e. The molecule has 8 heteroatoms. The molecule has 4 aromatic rings. The Hall–Kier alpha value is -3.16. The summed E-state index contributed by atoms with van der Waals surface area (Å²) < 4.78 is 16.9. The normalized spacial score (nSPS) is 14.8. The van der Waals surface area contributed by atoms with Crippen LogP contribution in [0.15, 0.2) is 55.4 Å². The van der Waals surface area contributed by atoms with Crippen LogP contribution in [0.1, 0.15) is 24.6 Å². The molecule has 158 valence electrons. The van der Waals surface area contributed by atoms with E-state index in [9.17, 15) is 4.39 Å². The van der Waals surface area contributed by atoms with Crippen LogP contribution < -0.4 is 10.6 Å². The third kappa shape index (κ3) is 3.94. The van der Waals surface area contributed by atoms with Crippen molar-refractivity contribution in [3.05, 3.63) is 71.9 Å². The fourth-order valence-electron chi connectivity index (χ4n) is 4.00. The first-order chi connectivity index (χ1) is 15.1. The molecule has 1 fully saturated rings. The Morgan fingerprint density at radius 1 is 1.19 bits per heavy atom. The first kappa shape index (κ1) is 19.8. The molecule has 0 unspecified atom stereocenters. The van der Waals surface area contributed by atoms with Gasteiger partial charge in [-0.05, 0) is 56.3 Å². The number of rotatable bonds is 5. The zero-order chi connectivity index (χ0) is 21.4. The van der Waals surface area contributed by atoms with E-state index in [1.54, 1.807) is 18.3 Å². The Labute approximate surface area is 184 Å². The second-order valence-corrected chi connectivity index (χ2v) is 8.19. The lowest BCUT2D eigenvalue weighted by molar-refractivity contribution is 0.343. The SMILES string of the molecule is C=C(Nc1ccc(Cl)cc1)c1n[nH]c2cc(F)c(-c3cnn(C4CCNCC4)c3)cc12. The summed E-state index contributed by atoms with van der Waals surface area (Å²) in [7, 11) is 0. The Morgan fingerprint density at radius 3 is 2.74 bits per heavy atom. The Bertz CT molecular complexity index is 1240. The summed E-state index contributed by atoms with van der Waals surface area (Å²) in [4.78, 5) is 0. The third-order valence-corrected chi connectivity index (χ3v) is 5.92. The van der Waals surface area contributed by atoms with Gasteiger partial charge in [0.05, 0.1) is 23.5 Å². The highest BCUT2D eigenvalue weighted by molar-refractivity contribution is 6.30.